The fraction of sp³-hybridized carbons (Fsp3) is 0.0588. The van der Waals surface area contributed by atoms with Crippen LogP contribution in [0.2, 0.25) is 0 Å². The van der Waals surface area contributed by atoms with Crippen LogP contribution >= 0.6 is 24.0 Å². The van der Waals surface area contributed by atoms with Gasteiger partial charge in [-0.15, -0.1) is 11.8 Å². The number of amides is 1. The van der Waals surface area contributed by atoms with Crippen molar-refractivity contribution in [3.63, 3.8) is 0 Å². The van der Waals surface area contributed by atoms with Crippen molar-refractivity contribution < 1.29 is 9.53 Å². The van der Waals surface area contributed by atoms with E-state index in [0.717, 1.165) is 27.6 Å². The lowest BCUT2D eigenvalue weighted by Gasteiger charge is -2.18. The molecule has 0 heterocycles. The molecule has 0 spiro atoms. The highest BCUT2D eigenvalue weighted by Crippen LogP contribution is 2.37. The zero-order valence-corrected chi connectivity index (χ0v) is 24.0. The molecule has 204 valence electrons. The van der Waals surface area contributed by atoms with Gasteiger partial charge in [0.15, 0.2) is 5.11 Å². The van der Waals surface area contributed by atoms with E-state index in [1.54, 1.807) is 0 Å². The number of hydrogen-bond acceptors (Lipinski definition) is 4. The molecule has 1 atom stereocenters. The van der Waals surface area contributed by atoms with Gasteiger partial charge in [-0.05, 0) is 91.4 Å². The molecule has 0 fully saturated rings. The highest BCUT2D eigenvalue weighted by molar-refractivity contribution is 8.00. The van der Waals surface area contributed by atoms with Gasteiger partial charge < -0.3 is 20.7 Å². The number of nitrogens with one attached hydrogen (secondary N) is 3. The molecular weight excluding hydrogens is 547 g/mol. The Kier molecular flexibility index (Phi) is 9.31. The van der Waals surface area contributed by atoms with Crippen molar-refractivity contribution in [2.24, 2.45) is 0 Å². The minimum absolute atomic E-state index is 0.118. The van der Waals surface area contributed by atoms with Crippen LogP contribution in [0.5, 0.6) is 11.5 Å². The molecule has 1 unspecified atom stereocenters. The van der Waals surface area contributed by atoms with Gasteiger partial charge in [0.2, 0.25) is 5.91 Å². The number of para-hydroxylation sites is 1. The second-order valence-electron chi connectivity index (χ2n) is 9.31. The van der Waals surface area contributed by atoms with Crippen LogP contribution in [0.4, 0.5) is 17.1 Å². The van der Waals surface area contributed by atoms with Crippen LogP contribution < -0.4 is 20.7 Å². The van der Waals surface area contributed by atoms with Gasteiger partial charge in [0, 0.05) is 22.0 Å². The van der Waals surface area contributed by atoms with Gasteiger partial charge in [0.1, 0.15) is 16.7 Å². The first kappa shape index (κ1) is 28.0. The van der Waals surface area contributed by atoms with E-state index in [1.165, 1.54) is 17.3 Å². The summed E-state index contributed by atoms with van der Waals surface area (Å²) in [5, 5.41) is 9.55. The van der Waals surface area contributed by atoms with Crippen molar-refractivity contribution in [3.05, 3.63) is 145 Å². The zero-order chi connectivity index (χ0) is 28.4. The van der Waals surface area contributed by atoms with Crippen LogP contribution in [-0.2, 0) is 4.79 Å². The molecule has 0 aliphatic rings. The average molecular weight is 576 g/mol. The standard InChI is InChI=1S/C34H29N3O2S2/c1-24-15-17-27(18-16-24)36-34(40)37-28-11-8-14-31(23-28)41-32(25-9-4-2-5-10-25)33(38)35-26-19-21-30(22-20-26)39-29-12-6-3-7-13-29/h2-23,32H,1H3,(H,35,38)(H2,36,37,40). The molecule has 41 heavy (non-hydrogen) atoms. The summed E-state index contributed by atoms with van der Waals surface area (Å²) >= 11 is 7.00. The van der Waals surface area contributed by atoms with Crippen LogP contribution in [0, 0.1) is 6.92 Å². The van der Waals surface area contributed by atoms with Crippen molar-refractivity contribution in [2.75, 3.05) is 16.0 Å². The number of aryl methyl sites for hydroxylation is 1. The number of carbonyl (C=O) groups is 1. The second kappa shape index (κ2) is 13.7. The van der Waals surface area contributed by atoms with E-state index in [-0.39, 0.29) is 5.91 Å². The predicted molar refractivity (Wildman–Crippen MR) is 174 cm³/mol. The van der Waals surface area contributed by atoms with Crippen LogP contribution in [0.1, 0.15) is 16.4 Å². The average Bonchev–Trinajstić information content (AvgIpc) is 2.99. The fourth-order valence-corrected chi connectivity index (χ4v) is 5.37. The molecule has 0 aliphatic heterocycles. The third-order valence-electron chi connectivity index (χ3n) is 6.10. The van der Waals surface area contributed by atoms with Gasteiger partial charge in [0.25, 0.3) is 0 Å². The van der Waals surface area contributed by atoms with Crippen molar-refractivity contribution >= 4 is 52.1 Å². The van der Waals surface area contributed by atoms with Crippen LogP contribution in [0.15, 0.2) is 138 Å². The highest BCUT2D eigenvalue weighted by Gasteiger charge is 2.22. The first-order valence-corrected chi connectivity index (χ1v) is 14.4. The van der Waals surface area contributed by atoms with Crippen molar-refractivity contribution in [1.82, 2.24) is 0 Å². The lowest BCUT2D eigenvalue weighted by Crippen LogP contribution is -2.19. The molecule has 5 aromatic rings. The molecule has 7 heteroatoms. The highest BCUT2D eigenvalue weighted by atomic mass is 32.2. The van der Waals surface area contributed by atoms with Crippen LogP contribution in [0.25, 0.3) is 0 Å². The summed E-state index contributed by atoms with van der Waals surface area (Å²) in [4.78, 5) is 14.5. The molecular formula is C34H29N3O2S2. The van der Waals surface area contributed by atoms with Gasteiger partial charge in [-0.3, -0.25) is 4.79 Å². The quantitative estimate of drug-likeness (QED) is 0.120. The number of benzene rings is 5. The number of anilines is 3. The summed E-state index contributed by atoms with van der Waals surface area (Å²) in [5.41, 5.74) is 4.54. The number of hydrogen-bond donors (Lipinski definition) is 3. The monoisotopic (exact) mass is 575 g/mol. The van der Waals surface area contributed by atoms with Gasteiger partial charge in [0.05, 0.1) is 0 Å². The lowest BCUT2D eigenvalue weighted by molar-refractivity contribution is -0.115. The maximum Gasteiger partial charge on any atom is 0.242 e. The molecule has 3 N–H and O–H groups in total. The Morgan fingerprint density at radius 1 is 0.659 bits per heavy atom. The minimum atomic E-state index is -0.468. The van der Waals surface area contributed by atoms with Gasteiger partial charge in [-0.25, -0.2) is 0 Å². The maximum atomic E-state index is 13.6. The van der Waals surface area contributed by atoms with E-state index < -0.39 is 5.25 Å². The molecule has 5 nitrogen and oxygen atoms in total. The summed E-state index contributed by atoms with van der Waals surface area (Å²) in [6.45, 7) is 2.05. The summed E-state index contributed by atoms with van der Waals surface area (Å²) < 4.78 is 5.87. The number of carbonyl (C=O) groups excluding carboxylic acids is 1. The summed E-state index contributed by atoms with van der Waals surface area (Å²) in [7, 11) is 0. The van der Waals surface area contributed by atoms with Gasteiger partial charge in [-0.2, -0.15) is 0 Å². The summed E-state index contributed by atoms with van der Waals surface area (Å²) in [5.74, 6) is 1.34. The molecule has 0 aliphatic carbocycles. The Morgan fingerprint density at radius 2 is 1.24 bits per heavy atom. The largest absolute Gasteiger partial charge is 0.457 e. The smallest absolute Gasteiger partial charge is 0.242 e. The molecule has 0 saturated heterocycles. The topological polar surface area (TPSA) is 62.4 Å². The van der Waals surface area contributed by atoms with Crippen LogP contribution in [0.3, 0.4) is 0 Å². The third-order valence-corrected chi connectivity index (χ3v) is 7.55. The summed E-state index contributed by atoms with van der Waals surface area (Å²) in [6.07, 6.45) is 0. The molecule has 0 bridgehead atoms. The predicted octanol–water partition coefficient (Wildman–Crippen LogP) is 9.07. The summed E-state index contributed by atoms with van der Waals surface area (Å²) in [6, 6.07) is 42.7. The first-order chi connectivity index (χ1) is 20.0. The Labute approximate surface area is 250 Å². The number of ether oxygens (including phenoxy) is 1. The van der Waals surface area contributed by atoms with E-state index >= 15 is 0 Å². The third kappa shape index (κ3) is 8.20. The first-order valence-electron chi connectivity index (χ1n) is 13.1. The molecule has 1 amide bonds. The van der Waals surface area contributed by atoms with E-state index in [2.05, 4.69) is 16.0 Å². The van der Waals surface area contributed by atoms with Gasteiger partial charge in [-0.1, -0.05) is 72.3 Å². The fourth-order valence-electron chi connectivity index (χ4n) is 4.05. The zero-order valence-electron chi connectivity index (χ0n) is 22.4. The SMILES string of the molecule is Cc1ccc(NC(=S)Nc2cccc(SC(C(=O)Nc3ccc(Oc4ccccc4)cc3)c3ccccc3)c2)cc1. The van der Waals surface area contributed by atoms with E-state index in [9.17, 15) is 4.79 Å². The lowest BCUT2D eigenvalue weighted by atomic mass is 10.1. The number of thiocarbonyl (C=S) groups is 1. The normalized spacial score (nSPS) is 11.2. The Hall–Kier alpha value is -4.59. The molecule has 5 rings (SSSR count). The van der Waals surface area contributed by atoms with E-state index in [4.69, 9.17) is 17.0 Å². The van der Waals surface area contributed by atoms with Crippen LogP contribution in [-0.4, -0.2) is 11.0 Å². The van der Waals surface area contributed by atoms with E-state index in [1.807, 2.05) is 140 Å². The van der Waals surface area contributed by atoms with Crippen molar-refractivity contribution in [3.8, 4) is 11.5 Å². The van der Waals surface area contributed by atoms with E-state index in [0.29, 0.717) is 16.5 Å². The molecule has 0 radical (unpaired) electrons. The molecule has 0 aromatic heterocycles. The molecule has 0 saturated carbocycles. The van der Waals surface area contributed by atoms with Crippen molar-refractivity contribution in [2.45, 2.75) is 17.1 Å². The molecule has 5 aromatic carbocycles. The van der Waals surface area contributed by atoms with Gasteiger partial charge >= 0.3 is 0 Å². The Morgan fingerprint density at radius 3 is 1.95 bits per heavy atom. The Bertz CT molecular complexity index is 1590. The maximum absolute atomic E-state index is 13.6. The van der Waals surface area contributed by atoms with Crippen molar-refractivity contribution in [1.29, 1.82) is 0 Å². The second-order valence-corrected chi connectivity index (χ2v) is 10.9. The Balaban J connectivity index is 1.26. The number of thioether (sulfide) groups is 1. The number of rotatable bonds is 9. The minimum Gasteiger partial charge on any atom is -0.457 e.